The molecule has 0 atom stereocenters. The molecule has 1 aliphatic heterocycles. The third kappa shape index (κ3) is 3.06. The normalized spacial score (nSPS) is 16.3. The van der Waals surface area contributed by atoms with Crippen LogP contribution in [0.3, 0.4) is 0 Å². The molecule has 4 rings (SSSR count). The summed E-state index contributed by atoms with van der Waals surface area (Å²) in [5, 5.41) is 0. The first kappa shape index (κ1) is 17.0. The third-order valence-corrected chi connectivity index (χ3v) is 6.55. The Balaban J connectivity index is 1.50. The monoisotopic (exact) mass is 374 g/mol. The smallest absolute Gasteiger partial charge is 0.243 e. The zero-order valence-electron chi connectivity index (χ0n) is 14.3. The molecular formula is C18H19FN4O2S. The molecule has 0 amide bonds. The maximum atomic E-state index is 13.0. The number of hydrogen-bond acceptors (Lipinski definition) is 4. The number of aromatic nitrogens is 2. The number of aryl methyl sites for hydroxylation is 1. The number of halogens is 1. The Bertz CT molecular complexity index is 1040. The molecule has 0 saturated carbocycles. The zero-order valence-corrected chi connectivity index (χ0v) is 15.1. The molecule has 136 valence electrons. The molecule has 0 bridgehead atoms. The second kappa shape index (κ2) is 6.37. The second-order valence-electron chi connectivity index (χ2n) is 6.37. The lowest BCUT2D eigenvalue weighted by molar-refractivity contribution is 0.385. The Kier molecular flexibility index (Phi) is 4.16. The van der Waals surface area contributed by atoms with Gasteiger partial charge in [0.05, 0.1) is 15.9 Å². The van der Waals surface area contributed by atoms with E-state index in [1.165, 1.54) is 28.6 Å². The summed E-state index contributed by atoms with van der Waals surface area (Å²) < 4.78 is 39.9. The van der Waals surface area contributed by atoms with E-state index in [2.05, 4.69) is 14.9 Å². The number of nitrogens with zero attached hydrogens (tertiary/aromatic N) is 3. The molecule has 1 aromatic heterocycles. The van der Waals surface area contributed by atoms with E-state index in [4.69, 9.17) is 0 Å². The Morgan fingerprint density at radius 2 is 1.73 bits per heavy atom. The fourth-order valence-electron chi connectivity index (χ4n) is 3.26. The highest BCUT2D eigenvalue weighted by Crippen LogP contribution is 2.24. The standard InChI is InChI=1S/C18H19FN4O2S/c1-13-20-17-7-4-15(12-18(17)21-13)22-8-10-23(11-9-22)26(24,25)16-5-2-14(19)3-6-16/h2-7,12H,8-11H2,1H3,(H,20,21). The summed E-state index contributed by atoms with van der Waals surface area (Å²) in [7, 11) is -3.59. The van der Waals surface area contributed by atoms with Gasteiger partial charge in [0.1, 0.15) is 11.6 Å². The molecule has 2 aromatic carbocycles. The third-order valence-electron chi connectivity index (χ3n) is 4.64. The minimum atomic E-state index is -3.59. The van der Waals surface area contributed by atoms with Crippen molar-refractivity contribution in [3.63, 3.8) is 0 Å². The topological polar surface area (TPSA) is 69.3 Å². The first-order valence-electron chi connectivity index (χ1n) is 8.40. The van der Waals surface area contributed by atoms with E-state index in [1.807, 2.05) is 25.1 Å². The zero-order chi connectivity index (χ0) is 18.3. The summed E-state index contributed by atoms with van der Waals surface area (Å²) in [6.45, 7) is 3.89. The summed E-state index contributed by atoms with van der Waals surface area (Å²) in [5.74, 6) is 0.422. The van der Waals surface area contributed by atoms with Crippen LogP contribution in [0.4, 0.5) is 10.1 Å². The number of H-pyrrole nitrogens is 1. The van der Waals surface area contributed by atoms with Crippen LogP contribution in [-0.4, -0.2) is 48.9 Å². The van der Waals surface area contributed by atoms with E-state index in [0.29, 0.717) is 26.2 Å². The van der Waals surface area contributed by atoms with E-state index in [9.17, 15) is 12.8 Å². The maximum absolute atomic E-state index is 13.0. The molecule has 1 fully saturated rings. The van der Waals surface area contributed by atoms with Crippen LogP contribution in [0.15, 0.2) is 47.4 Å². The number of fused-ring (bicyclic) bond motifs is 1. The molecule has 0 spiro atoms. The number of aromatic amines is 1. The summed E-state index contributed by atoms with van der Waals surface area (Å²) in [4.78, 5) is 9.90. The van der Waals surface area contributed by atoms with Gasteiger partial charge in [-0.05, 0) is 49.4 Å². The molecule has 1 N–H and O–H groups in total. The highest BCUT2D eigenvalue weighted by Gasteiger charge is 2.28. The van der Waals surface area contributed by atoms with Crippen molar-refractivity contribution in [1.29, 1.82) is 0 Å². The van der Waals surface area contributed by atoms with Crippen molar-refractivity contribution in [3.05, 3.63) is 54.1 Å². The number of benzene rings is 2. The van der Waals surface area contributed by atoms with Gasteiger partial charge in [-0.2, -0.15) is 4.31 Å². The average Bonchev–Trinajstić information content (AvgIpc) is 3.01. The predicted molar refractivity (Wildman–Crippen MR) is 98.2 cm³/mol. The van der Waals surface area contributed by atoms with Crippen LogP contribution in [0.2, 0.25) is 0 Å². The van der Waals surface area contributed by atoms with Crippen molar-refractivity contribution in [2.75, 3.05) is 31.1 Å². The first-order valence-corrected chi connectivity index (χ1v) is 9.84. The van der Waals surface area contributed by atoms with Crippen molar-refractivity contribution in [3.8, 4) is 0 Å². The van der Waals surface area contributed by atoms with Crippen molar-refractivity contribution in [2.24, 2.45) is 0 Å². The molecule has 6 nitrogen and oxygen atoms in total. The van der Waals surface area contributed by atoms with Crippen LogP contribution in [0, 0.1) is 12.7 Å². The SMILES string of the molecule is Cc1nc2ccc(N3CCN(S(=O)(=O)c4ccc(F)cc4)CC3)cc2[nH]1. The molecule has 0 aliphatic carbocycles. The quantitative estimate of drug-likeness (QED) is 0.765. The van der Waals surface area contributed by atoms with Gasteiger partial charge in [0.25, 0.3) is 0 Å². The van der Waals surface area contributed by atoms with Crippen molar-refractivity contribution in [1.82, 2.24) is 14.3 Å². The van der Waals surface area contributed by atoms with Gasteiger partial charge in [-0.25, -0.2) is 17.8 Å². The van der Waals surface area contributed by atoms with Crippen LogP contribution in [0.25, 0.3) is 11.0 Å². The van der Waals surface area contributed by atoms with Crippen molar-refractivity contribution in [2.45, 2.75) is 11.8 Å². The molecule has 0 unspecified atom stereocenters. The molecule has 3 aromatic rings. The lowest BCUT2D eigenvalue weighted by Crippen LogP contribution is -2.48. The van der Waals surface area contributed by atoms with Crippen molar-refractivity contribution >= 4 is 26.7 Å². The predicted octanol–water partition coefficient (Wildman–Crippen LogP) is 2.52. The maximum Gasteiger partial charge on any atom is 0.243 e. The van der Waals surface area contributed by atoms with Crippen LogP contribution in [-0.2, 0) is 10.0 Å². The van der Waals surface area contributed by atoms with E-state index in [1.54, 1.807) is 0 Å². The minimum Gasteiger partial charge on any atom is -0.369 e. The van der Waals surface area contributed by atoms with Gasteiger partial charge in [0.2, 0.25) is 10.0 Å². The Morgan fingerprint density at radius 1 is 1.04 bits per heavy atom. The lowest BCUT2D eigenvalue weighted by atomic mass is 10.2. The van der Waals surface area contributed by atoms with E-state index in [0.717, 1.165) is 22.5 Å². The molecule has 1 saturated heterocycles. The van der Waals surface area contributed by atoms with E-state index >= 15 is 0 Å². The van der Waals surface area contributed by atoms with Gasteiger partial charge < -0.3 is 9.88 Å². The van der Waals surface area contributed by atoms with Crippen LogP contribution in [0.5, 0.6) is 0 Å². The number of imidazole rings is 1. The van der Waals surface area contributed by atoms with Gasteiger partial charge >= 0.3 is 0 Å². The van der Waals surface area contributed by atoms with E-state index < -0.39 is 15.8 Å². The number of piperazine rings is 1. The summed E-state index contributed by atoms with van der Waals surface area (Å²) >= 11 is 0. The molecule has 26 heavy (non-hydrogen) atoms. The Morgan fingerprint density at radius 3 is 2.42 bits per heavy atom. The molecule has 2 heterocycles. The fraction of sp³-hybridized carbons (Fsp3) is 0.278. The first-order chi connectivity index (χ1) is 12.4. The summed E-state index contributed by atoms with van der Waals surface area (Å²) in [5.41, 5.74) is 2.94. The molecule has 8 heteroatoms. The van der Waals surface area contributed by atoms with Gasteiger partial charge in [0, 0.05) is 31.9 Å². The van der Waals surface area contributed by atoms with Gasteiger partial charge in [-0.1, -0.05) is 0 Å². The van der Waals surface area contributed by atoms with Gasteiger partial charge in [0.15, 0.2) is 0 Å². The second-order valence-corrected chi connectivity index (χ2v) is 8.31. The van der Waals surface area contributed by atoms with Crippen LogP contribution in [0.1, 0.15) is 5.82 Å². The highest BCUT2D eigenvalue weighted by molar-refractivity contribution is 7.89. The summed E-state index contributed by atoms with van der Waals surface area (Å²) in [6, 6.07) is 11.0. The highest BCUT2D eigenvalue weighted by atomic mass is 32.2. The lowest BCUT2D eigenvalue weighted by Gasteiger charge is -2.35. The number of rotatable bonds is 3. The Labute approximate surface area is 151 Å². The summed E-state index contributed by atoms with van der Waals surface area (Å²) in [6.07, 6.45) is 0. The fourth-order valence-corrected chi connectivity index (χ4v) is 4.69. The molecule has 0 radical (unpaired) electrons. The largest absolute Gasteiger partial charge is 0.369 e. The van der Waals surface area contributed by atoms with Gasteiger partial charge in [-0.3, -0.25) is 0 Å². The molecule has 1 aliphatic rings. The minimum absolute atomic E-state index is 0.127. The van der Waals surface area contributed by atoms with Gasteiger partial charge in [-0.15, -0.1) is 0 Å². The molecular weight excluding hydrogens is 355 g/mol. The van der Waals surface area contributed by atoms with Crippen LogP contribution < -0.4 is 4.90 Å². The Hall–Kier alpha value is -2.45. The van der Waals surface area contributed by atoms with Crippen LogP contribution >= 0.6 is 0 Å². The number of nitrogens with one attached hydrogen (secondary N) is 1. The number of hydrogen-bond donors (Lipinski definition) is 1. The number of sulfonamides is 1. The van der Waals surface area contributed by atoms with E-state index in [-0.39, 0.29) is 4.90 Å². The average molecular weight is 374 g/mol. The van der Waals surface area contributed by atoms with Crippen molar-refractivity contribution < 1.29 is 12.8 Å². The number of anilines is 1.